The maximum Gasteiger partial charge on any atom is 0.306 e. The fourth-order valence-corrected chi connectivity index (χ4v) is 2.61. The van der Waals surface area contributed by atoms with E-state index in [2.05, 4.69) is 10.0 Å². The van der Waals surface area contributed by atoms with Crippen LogP contribution >= 0.6 is 23.2 Å². The van der Waals surface area contributed by atoms with Crippen LogP contribution in [0.3, 0.4) is 0 Å². The van der Waals surface area contributed by atoms with E-state index >= 15 is 0 Å². The second-order valence-electron chi connectivity index (χ2n) is 6.03. The van der Waals surface area contributed by atoms with Crippen LogP contribution in [0.1, 0.15) is 25.8 Å². The van der Waals surface area contributed by atoms with Gasteiger partial charge in [0.25, 0.3) is 0 Å². The first-order valence-corrected chi connectivity index (χ1v) is 8.48. The first-order valence-electron chi connectivity index (χ1n) is 7.73. The number of hydrogen-bond acceptors (Lipinski definition) is 4. The molecule has 0 aliphatic heterocycles. The molecule has 0 bridgehead atoms. The number of aliphatic hydroxyl groups is 1. The zero-order chi connectivity index (χ0) is 19.0. The summed E-state index contributed by atoms with van der Waals surface area (Å²) in [7, 11) is 0. The fraction of sp³-hybridized carbons (Fsp3) is 0.562. The number of rotatable bonds is 10. The van der Waals surface area contributed by atoms with Crippen LogP contribution in [0.15, 0.2) is 23.3 Å². The van der Waals surface area contributed by atoms with Gasteiger partial charge in [0, 0.05) is 4.91 Å². The highest BCUT2D eigenvalue weighted by Crippen LogP contribution is 2.23. The average Bonchev–Trinajstić information content (AvgIpc) is 2.54. The second-order valence-corrected chi connectivity index (χ2v) is 6.84. The number of ether oxygens (including phenoxy) is 1. The summed E-state index contributed by atoms with van der Waals surface area (Å²) in [6.07, 6.45) is -1.14. The van der Waals surface area contributed by atoms with E-state index in [0.717, 1.165) is 5.56 Å². The predicted molar refractivity (Wildman–Crippen MR) is 95.6 cm³/mol. The molecule has 25 heavy (non-hydrogen) atoms. The Morgan fingerprint density at radius 1 is 1.36 bits per heavy atom. The van der Waals surface area contributed by atoms with Crippen LogP contribution in [0, 0.1) is 11.8 Å². The number of azide groups is 1. The number of carboxylic acid groups (broad SMARTS) is 1. The van der Waals surface area contributed by atoms with Crippen LogP contribution in [-0.2, 0) is 16.1 Å². The minimum absolute atomic E-state index is 0.0210. The number of benzene rings is 1. The highest BCUT2D eigenvalue weighted by Gasteiger charge is 2.28. The van der Waals surface area contributed by atoms with Crippen molar-refractivity contribution in [2.45, 2.75) is 39.0 Å². The van der Waals surface area contributed by atoms with Gasteiger partial charge in [-0.15, -0.1) is 0 Å². The van der Waals surface area contributed by atoms with Gasteiger partial charge in [0.05, 0.1) is 41.3 Å². The van der Waals surface area contributed by atoms with Crippen molar-refractivity contribution in [1.82, 2.24) is 0 Å². The van der Waals surface area contributed by atoms with Crippen molar-refractivity contribution in [2.24, 2.45) is 17.0 Å². The van der Waals surface area contributed by atoms with Crippen molar-refractivity contribution in [3.05, 3.63) is 44.3 Å². The predicted octanol–water partition coefficient (Wildman–Crippen LogP) is 4.30. The zero-order valence-electron chi connectivity index (χ0n) is 14.0. The quantitative estimate of drug-likeness (QED) is 0.352. The summed E-state index contributed by atoms with van der Waals surface area (Å²) in [4.78, 5) is 14.0. The molecule has 0 radical (unpaired) electrons. The Kier molecular flexibility index (Phi) is 9.03. The Labute approximate surface area is 156 Å². The molecule has 7 nitrogen and oxygen atoms in total. The summed E-state index contributed by atoms with van der Waals surface area (Å²) in [5.74, 6) is -1.89. The van der Waals surface area contributed by atoms with Crippen LogP contribution in [0.2, 0.25) is 10.0 Å². The number of carbonyl (C=O) groups is 1. The van der Waals surface area contributed by atoms with Crippen molar-refractivity contribution in [1.29, 1.82) is 0 Å². The van der Waals surface area contributed by atoms with Gasteiger partial charge in [-0.1, -0.05) is 48.2 Å². The molecule has 0 aromatic heterocycles. The van der Waals surface area contributed by atoms with E-state index in [0.29, 0.717) is 10.0 Å². The molecule has 0 heterocycles. The maximum absolute atomic E-state index is 11.2. The third kappa shape index (κ3) is 7.10. The second kappa shape index (κ2) is 10.5. The van der Waals surface area contributed by atoms with Crippen molar-refractivity contribution in [3.63, 3.8) is 0 Å². The number of aliphatic hydroxyl groups excluding tert-OH is 1. The van der Waals surface area contributed by atoms with Gasteiger partial charge >= 0.3 is 5.97 Å². The highest BCUT2D eigenvalue weighted by atomic mass is 35.5. The SMILES string of the molecule is CC(C)C(CC(O)C(COCc1ccc(Cl)c(Cl)c1)N=[N+]=[N-])C(=O)O. The molecule has 0 spiro atoms. The first-order chi connectivity index (χ1) is 11.8. The Hall–Kier alpha value is -1.50. The maximum atomic E-state index is 11.2. The van der Waals surface area contributed by atoms with Crippen LogP contribution < -0.4 is 0 Å². The molecular formula is C16H21Cl2N3O4. The van der Waals surface area contributed by atoms with Crippen molar-refractivity contribution in [2.75, 3.05) is 6.61 Å². The minimum atomic E-state index is -1.12. The van der Waals surface area contributed by atoms with Gasteiger partial charge in [0.1, 0.15) is 0 Å². The molecule has 9 heteroatoms. The molecule has 0 aliphatic rings. The van der Waals surface area contributed by atoms with Crippen molar-refractivity contribution in [3.8, 4) is 0 Å². The van der Waals surface area contributed by atoms with Crippen molar-refractivity contribution < 1.29 is 19.7 Å². The van der Waals surface area contributed by atoms with E-state index in [1.807, 2.05) is 0 Å². The monoisotopic (exact) mass is 389 g/mol. The molecule has 0 aliphatic carbocycles. The van der Waals surface area contributed by atoms with Crippen molar-refractivity contribution >= 4 is 29.2 Å². The van der Waals surface area contributed by atoms with E-state index in [9.17, 15) is 15.0 Å². The summed E-state index contributed by atoms with van der Waals surface area (Å²) >= 11 is 11.8. The molecule has 138 valence electrons. The van der Waals surface area contributed by atoms with Gasteiger partial charge in [-0.2, -0.15) is 0 Å². The molecule has 3 unspecified atom stereocenters. The summed E-state index contributed by atoms with van der Waals surface area (Å²) in [5, 5.41) is 23.8. The van der Waals surface area contributed by atoms with Crippen LogP contribution in [0.5, 0.6) is 0 Å². The van der Waals surface area contributed by atoms with Gasteiger partial charge < -0.3 is 14.9 Å². The van der Waals surface area contributed by atoms with Gasteiger partial charge in [-0.3, -0.25) is 4.79 Å². The molecule has 0 fully saturated rings. The lowest BCUT2D eigenvalue weighted by atomic mass is 9.88. The summed E-state index contributed by atoms with van der Waals surface area (Å²) < 4.78 is 5.48. The van der Waals surface area contributed by atoms with Crippen LogP contribution in [-0.4, -0.2) is 34.9 Å². The van der Waals surface area contributed by atoms with Gasteiger partial charge in [-0.05, 0) is 35.6 Å². The molecule has 3 atom stereocenters. The molecule has 0 saturated carbocycles. The van der Waals surface area contributed by atoms with Crippen LogP contribution in [0.25, 0.3) is 10.4 Å². The highest BCUT2D eigenvalue weighted by molar-refractivity contribution is 6.42. The normalized spacial score (nSPS) is 14.6. The summed E-state index contributed by atoms with van der Waals surface area (Å²) in [6, 6.07) is 4.16. The zero-order valence-corrected chi connectivity index (χ0v) is 15.5. The standard InChI is InChI=1S/C16H21Cl2N3O4/c1-9(2)11(16(23)24)6-15(22)14(20-21-19)8-25-7-10-3-4-12(17)13(18)5-10/h3-5,9,11,14-15,22H,6-8H2,1-2H3,(H,23,24). The minimum Gasteiger partial charge on any atom is -0.481 e. The molecule has 1 aromatic carbocycles. The number of hydrogen-bond donors (Lipinski definition) is 2. The van der Waals surface area contributed by atoms with E-state index in [1.165, 1.54) is 0 Å². The average molecular weight is 390 g/mol. The lowest BCUT2D eigenvalue weighted by Gasteiger charge is -2.23. The third-order valence-corrected chi connectivity index (χ3v) is 4.54. The Morgan fingerprint density at radius 2 is 2.04 bits per heavy atom. The number of nitrogens with zero attached hydrogens (tertiary/aromatic N) is 3. The van der Waals surface area contributed by atoms with Crippen LogP contribution in [0.4, 0.5) is 0 Å². The fourth-order valence-electron chi connectivity index (χ4n) is 2.29. The topological polar surface area (TPSA) is 116 Å². The number of aliphatic carboxylic acids is 1. The first kappa shape index (κ1) is 21.5. The molecule has 1 aromatic rings. The summed E-state index contributed by atoms with van der Waals surface area (Å²) in [6.45, 7) is 3.66. The lowest BCUT2D eigenvalue weighted by molar-refractivity contribution is -0.144. The number of halogens is 2. The molecule has 0 saturated heterocycles. The Bertz CT molecular complexity index is 636. The van der Waals surface area contributed by atoms with E-state index in [-0.39, 0.29) is 25.6 Å². The van der Waals surface area contributed by atoms with Gasteiger partial charge in [0.2, 0.25) is 0 Å². The summed E-state index contributed by atoms with van der Waals surface area (Å²) in [5.41, 5.74) is 9.44. The third-order valence-electron chi connectivity index (χ3n) is 3.80. The van der Waals surface area contributed by atoms with Gasteiger partial charge in [-0.25, -0.2) is 0 Å². The Morgan fingerprint density at radius 3 is 2.56 bits per heavy atom. The molecule has 0 amide bonds. The van der Waals surface area contributed by atoms with Gasteiger partial charge in [0.15, 0.2) is 0 Å². The van der Waals surface area contributed by atoms with E-state index < -0.39 is 24.0 Å². The smallest absolute Gasteiger partial charge is 0.306 e. The molecule has 1 rings (SSSR count). The Balaban J connectivity index is 2.65. The lowest BCUT2D eigenvalue weighted by Crippen LogP contribution is -2.34. The molecular weight excluding hydrogens is 369 g/mol. The molecule has 2 N–H and O–H groups in total. The number of carboxylic acids is 1. The van der Waals surface area contributed by atoms with E-state index in [1.54, 1.807) is 32.0 Å². The van der Waals surface area contributed by atoms with E-state index in [4.69, 9.17) is 33.5 Å². The largest absolute Gasteiger partial charge is 0.481 e.